The second-order valence-corrected chi connectivity index (χ2v) is 7.87. The van der Waals surface area contributed by atoms with Crippen LogP contribution < -0.4 is 5.32 Å². The number of aliphatic hydroxyl groups excluding tert-OH is 2. The minimum atomic E-state index is -1.01. The minimum Gasteiger partial charge on any atom is -0.393 e. The fourth-order valence-corrected chi connectivity index (χ4v) is 3.96. The summed E-state index contributed by atoms with van der Waals surface area (Å²) in [6, 6.07) is 23.8. The molecule has 0 spiro atoms. The van der Waals surface area contributed by atoms with Crippen LogP contribution in [-0.4, -0.2) is 37.0 Å². The van der Waals surface area contributed by atoms with Crippen molar-refractivity contribution < 1.29 is 10.2 Å². The van der Waals surface area contributed by atoms with Gasteiger partial charge < -0.3 is 15.5 Å². The lowest BCUT2D eigenvalue weighted by Crippen LogP contribution is -2.06. The van der Waals surface area contributed by atoms with Crippen molar-refractivity contribution in [1.29, 1.82) is 0 Å². The molecule has 1 atom stereocenters. The number of aliphatic hydroxyl groups is 2. The van der Waals surface area contributed by atoms with Crippen LogP contribution in [0.4, 0.5) is 5.82 Å². The standard InChI is InChI=1S/C27H23N5O2/c33-17-24(34)19-13-20(15-28-14-19)26-23-11-6-10-22(18-7-2-1-3-8-18)25(23)27(32-31-26)30-16-21-9-4-5-12-29-21/h1-15,24,33-34H,16-17H2,(H,30,32). The molecule has 0 bridgehead atoms. The number of hydrogen-bond acceptors (Lipinski definition) is 7. The minimum absolute atomic E-state index is 0.383. The molecule has 0 aliphatic carbocycles. The molecule has 5 aromatic rings. The molecule has 7 nitrogen and oxygen atoms in total. The lowest BCUT2D eigenvalue weighted by atomic mass is 9.96. The van der Waals surface area contributed by atoms with Gasteiger partial charge in [-0.2, -0.15) is 0 Å². The number of hydrogen-bond donors (Lipinski definition) is 3. The summed E-state index contributed by atoms with van der Waals surface area (Å²) in [7, 11) is 0. The maximum absolute atomic E-state index is 10.1. The van der Waals surface area contributed by atoms with Gasteiger partial charge in [0.2, 0.25) is 0 Å². The number of pyridine rings is 2. The Labute approximate surface area is 196 Å². The maximum Gasteiger partial charge on any atom is 0.157 e. The van der Waals surface area contributed by atoms with E-state index in [9.17, 15) is 10.2 Å². The van der Waals surface area contributed by atoms with Crippen molar-refractivity contribution in [2.45, 2.75) is 12.6 Å². The van der Waals surface area contributed by atoms with Gasteiger partial charge in [0.1, 0.15) is 11.8 Å². The SMILES string of the molecule is OCC(O)c1cncc(-c2nnc(NCc3ccccn3)c3c(-c4ccccc4)cccc23)c1. The summed E-state index contributed by atoms with van der Waals surface area (Å²) >= 11 is 0. The van der Waals surface area contributed by atoms with Crippen LogP contribution in [-0.2, 0) is 6.54 Å². The third-order valence-corrected chi connectivity index (χ3v) is 5.64. The maximum atomic E-state index is 10.1. The molecule has 0 amide bonds. The van der Waals surface area contributed by atoms with E-state index in [1.54, 1.807) is 18.5 Å². The van der Waals surface area contributed by atoms with E-state index >= 15 is 0 Å². The number of aromatic nitrogens is 4. The van der Waals surface area contributed by atoms with Gasteiger partial charge >= 0.3 is 0 Å². The first-order valence-corrected chi connectivity index (χ1v) is 11.0. The zero-order valence-electron chi connectivity index (χ0n) is 18.3. The normalized spacial score (nSPS) is 11.9. The molecule has 0 aliphatic rings. The highest BCUT2D eigenvalue weighted by molar-refractivity contribution is 6.08. The van der Waals surface area contributed by atoms with Gasteiger partial charge in [-0.15, -0.1) is 10.2 Å². The third kappa shape index (κ3) is 4.34. The van der Waals surface area contributed by atoms with Gasteiger partial charge in [-0.3, -0.25) is 9.97 Å². The van der Waals surface area contributed by atoms with Gasteiger partial charge in [-0.05, 0) is 29.3 Å². The van der Waals surface area contributed by atoms with E-state index in [1.807, 2.05) is 48.5 Å². The van der Waals surface area contributed by atoms with Gasteiger partial charge in [0.05, 0.1) is 18.8 Å². The smallest absolute Gasteiger partial charge is 0.157 e. The van der Waals surface area contributed by atoms with Gasteiger partial charge in [-0.1, -0.05) is 54.6 Å². The van der Waals surface area contributed by atoms with E-state index in [4.69, 9.17) is 0 Å². The van der Waals surface area contributed by atoms with Crippen molar-refractivity contribution in [1.82, 2.24) is 20.2 Å². The van der Waals surface area contributed by atoms with Gasteiger partial charge in [0.15, 0.2) is 5.82 Å². The highest BCUT2D eigenvalue weighted by atomic mass is 16.3. The highest BCUT2D eigenvalue weighted by Gasteiger charge is 2.17. The second kappa shape index (κ2) is 9.74. The third-order valence-electron chi connectivity index (χ3n) is 5.64. The van der Waals surface area contributed by atoms with Gasteiger partial charge in [0, 0.05) is 40.5 Å². The van der Waals surface area contributed by atoms with Crippen molar-refractivity contribution in [2.75, 3.05) is 11.9 Å². The summed E-state index contributed by atoms with van der Waals surface area (Å²) in [4.78, 5) is 8.64. The van der Waals surface area contributed by atoms with Crippen LogP contribution >= 0.6 is 0 Å². The zero-order valence-corrected chi connectivity index (χ0v) is 18.3. The largest absolute Gasteiger partial charge is 0.393 e. The van der Waals surface area contributed by atoms with Crippen LogP contribution in [0.2, 0.25) is 0 Å². The number of benzene rings is 2. The van der Waals surface area contributed by atoms with E-state index < -0.39 is 6.10 Å². The molecule has 1 unspecified atom stereocenters. The van der Waals surface area contributed by atoms with Crippen molar-refractivity contribution in [3.63, 3.8) is 0 Å². The van der Waals surface area contributed by atoms with E-state index in [2.05, 4.69) is 43.7 Å². The molecular formula is C27H23N5O2. The molecule has 0 saturated heterocycles. The van der Waals surface area contributed by atoms with E-state index in [-0.39, 0.29) is 6.61 Å². The van der Waals surface area contributed by atoms with E-state index in [1.165, 1.54) is 6.20 Å². The van der Waals surface area contributed by atoms with Crippen molar-refractivity contribution in [3.8, 4) is 22.4 Å². The number of fused-ring (bicyclic) bond motifs is 1. The summed E-state index contributed by atoms with van der Waals surface area (Å²) < 4.78 is 0. The Hall–Kier alpha value is -4.20. The highest BCUT2D eigenvalue weighted by Crippen LogP contribution is 2.37. The number of nitrogens with one attached hydrogen (secondary N) is 1. The molecule has 34 heavy (non-hydrogen) atoms. The van der Waals surface area contributed by atoms with Crippen LogP contribution in [0.1, 0.15) is 17.4 Å². The van der Waals surface area contributed by atoms with Crippen LogP contribution in [0.5, 0.6) is 0 Å². The van der Waals surface area contributed by atoms with Crippen LogP contribution in [0.15, 0.2) is 91.4 Å². The Morgan fingerprint density at radius 2 is 1.71 bits per heavy atom. The lowest BCUT2D eigenvalue weighted by Gasteiger charge is -2.15. The monoisotopic (exact) mass is 449 g/mol. The average molecular weight is 450 g/mol. The molecular weight excluding hydrogens is 426 g/mol. The molecule has 3 aromatic heterocycles. The molecule has 0 radical (unpaired) electrons. The molecule has 0 saturated carbocycles. The Kier molecular flexibility index (Phi) is 6.20. The number of rotatable bonds is 7. The van der Waals surface area contributed by atoms with Crippen molar-refractivity contribution in [2.24, 2.45) is 0 Å². The fourth-order valence-electron chi connectivity index (χ4n) is 3.96. The summed E-state index contributed by atoms with van der Waals surface area (Å²) in [5.74, 6) is 0.656. The summed E-state index contributed by atoms with van der Waals surface area (Å²) in [5.41, 5.74) is 4.87. The molecule has 168 valence electrons. The first-order chi connectivity index (χ1) is 16.7. The van der Waals surface area contributed by atoms with Crippen LogP contribution in [0, 0.1) is 0 Å². The van der Waals surface area contributed by atoms with Crippen LogP contribution in [0.25, 0.3) is 33.2 Å². The number of anilines is 1. The molecule has 5 rings (SSSR count). The Morgan fingerprint density at radius 1 is 0.853 bits per heavy atom. The van der Waals surface area contributed by atoms with Crippen molar-refractivity contribution in [3.05, 3.63) is 103 Å². The Bertz CT molecular complexity index is 1410. The summed E-state index contributed by atoms with van der Waals surface area (Å²) in [6.45, 7) is 0.124. The lowest BCUT2D eigenvalue weighted by molar-refractivity contribution is 0.0954. The zero-order chi connectivity index (χ0) is 23.3. The Balaban J connectivity index is 1.68. The van der Waals surface area contributed by atoms with E-state index in [0.29, 0.717) is 29.2 Å². The topological polar surface area (TPSA) is 104 Å². The number of nitrogens with zero attached hydrogens (tertiary/aromatic N) is 4. The predicted octanol–water partition coefficient (Wildman–Crippen LogP) is 4.39. The summed E-state index contributed by atoms with van der Waals surface area (Å²) in [6.07, 6.45) is 3.98. The molecule has 3 heterocycles. The quantitative estimate of drug-likeness (QED) is 0.338. The molecule has 0 fully saturated rings. The molecule has 7 heteroatoms. The predicted molar refractivity (Wildman–Crippen MR) is 132 cm³/mol. The van der Waals surface area contributed by atoms with Gasteiger partial charge in [-0.25, -0.2) is 0 Å². The average Bonchev–Trinajstić information content (AvgIpc) is 2.92. The molecule has 3 N–H and O–H groups in total. The van der Waals surface area contributed by atoms with E-state index in [0.717, 1.165) is 27.6 Å². The first-order valence-electron chi connectivity index (χ1n) is 11.0. The molecule has 0 aliphatic heterocycles. The van der Waals surface area contributed by atoms with Crippen molar-refractivity contribution >= 4 is 16.6 Å². The van der Waals surface area contributed by atoms with Crippen LogP contribution in [0.3, 0.4) is 0 Å². The molecule has 2 aromatic carbocycles. The summed E-state index contributed by atoms with van der Waals surface area (Å²) in [5, 5.41) is 33.8. The fraction of sp³-hybridized carbons (Fsp3) is 0.111. The Morgan fingerprint density at radius 3 is 2.50 bits per heavy atom. The second-order valence-electron chi connectivity index (χ2n) is 7.87. The first kappa shape index (κ1) is 21.6. The van der Waals surface area contributed by atoms with Gasteiger partial charge in [0.25, 0.3) is 0 Å².